The lowest BCUT2D eigenvalue weighted by atomic mass is 10.0. The molecule has 1 aliphatic heterocycles. The zero-order valence-electron chi connectivity index (χ0n) is 18.4. The van der Waals surface area contributed by atoms with Crippen LogP contribution in [0.1, 0.15) is 6.92 Å². The summed E-state index contributed by atoms with van der Waals surface area (Å²) in [5.74, 6) is 0.195. The molecule has 1 fully saturated rings. The Hall–Kier alpha value is -3.46. The maximum atomic E-state index is 12.7. The van der Waals surface area contributed by atoms with Crippen molar-refractivity contribution in [3.8, 4) is 22.5 Å². The molecule has 0 bridgehead atoms. The van der Waals surface area contributed by atoms with Crippen LogP contribution < -0.4 is 0 Å². The molecule has 9 heteroatoms. The number of hydrogen-bond acceptors (Lipinski definition) is 7. The van der Waals surface area contributed by atoms with Crippen LogP contribution in [-0.2, 0) is 9.53 Å². The Morgan fingerprint density at radius 1 is 0.848 bits per heavy atom. The number of amides is 2. The van der Waals surface area contributed by atoms with Gasteiger partial charge in [0, 0.05) is 37.3 Å². The number of carbonyl (C=O) groups is 2. The van der Waals surface area contributed by atoms with Crippen LogP contribution in [0.15, 0.2) is 65.8 Å². The van der Waals surface area contributed by atoms with Gasteiger partial charge in [0.2, 0.25) is 11.1 Å². The number of nitrogens with zero attached hydrogens (tertiary/aromatic N) is 5. The zero-order valence-corrected chi connectivity index (χ0v) is 19.2. The van der Waals surface area contributed by atoms with E-state index in [0.717, 1.165) is 16.8 Å². The molecular weight excluding hydrogens is 438 g/mol. The second-order valence-electron chi connectivity index (χ2n) is 7.38. The van der Waals surface area contributed by atoms with Crippen molar-refractivity contribution < 1.29 is 14.3 Å². The molecule has 1 aromatic heterocycles. The summed E-state index contributed by atoms with van der Waals surface area (Å²) in [5.41, 5.74) is 3.31. The zero-order chi connectivity index (χ0) is 23.0. The van der Waals surface area contributed by atoms with Gasteiger partial charge in [0.1, 0.15) is 11.4 Å². The maximum absolute atomic E-state index is 12.7. The first kappa shape index (κ1) is 22.7. The molecule has 1 aliphatic rings. The molecule has 2 amide bonds. The topological polar surface area (TPSA) is 88.5 Å². The average Bonchev–Trinajstić information content (AvgIpc) is 2.88. The van der Waals surface area contributed by atoms with Gasteiger partial charge in [-0.1, -0.05) is 72.4 Å². The predicted molar refractivity (Wildman–Crippen MR) is 127 cm³/mol. The minimum atomic E-state index is -0.328. The second kappa shape index (κ2) is 10.9. The Kier molecular flexibility index (Phi) is 7.51. The number of carbonyl (C=O) groups excluding carboxylic acids is 2. The lowest BCUT2D eigenvalue weighted by Crippen LogP contribution is -2.51. The molecule has 8 nitrogen and oxygen atoms in total. The van der Waals surface area contributed by atoms with Crippen molar-refractivity contribution in [3.05, 3.63) is 60.7 Å². The van der Waals surface area contributed by atoms with E-state index >= 15 is 0 Å². The van der Waals surface area contributed by atoms with Gasteiger partial charge in [-0.25, -0.2) is 9.78 Å². The second-order valence-corrected chi connectivity index (χ2v) is 8.32. The molecule has 0 atom stereocenters. The predicted octanol–water partition coefficient (Wildman–Crippen LogP) is 3.60. The minimum absolute atomic E-state index is 0.0134. The van der Waals surface area contributed by atoms with Gasteiger partial charge < -0.3 is 14.5 Å². The molecule has 4 rings (SSSR count). The van der Waals surface area contributed by atoms with Crippen LogP contribution in [0.25, 0.3) is 22.5 Å². The molecule has 2 heterocycles. The summed E-state index contributed by atoms with van der Waals surface area (Å²) in [6.07, 6.45) is -0.328. The van der Waals surface area contributed by atoms with Crippen LogP contribution in [0.3, 0.4) is 0 Å². The Labute approximate surface area is 197 Å². The highest BCUT2D eigenvalue weighted by Crippen LogP contribution is 2.29. The lowest BCUT2D eigenvalue weighted by molar-refractivity contribution is -0.129. The average molecular weight is 464 g/mol. The van der Waals surface area contributed by atoms with Gasteiger partial charge in [0.15, 0.2) is 0 Å². The molecule has 0 aliphatic carbocycles. The van der Waals surface area contributed by atoms with Crippen molar-refractivity contribution in [2.24, 2.45) is 0 Å². The maximum Gasteiger partial charge on any atom is 0.409 e. The number of piperazine rings is 1. The number of benzene rings is 2. The van der Waals surface area contributed by atoms with Gasteiger partial charge in [0.05, 0.1) is 12.4 Å². The van der Waals surface area contributed by atoms with Gasteiger partial charge in [0.25, 0.3) is 0 Å². The summed E-state index contributed by atoms with van der Waals surface area (Å²) in [7, 11) is 0. The highest BCUT2D eigenvalue weighted by Gasteiger charge is 2.25. The van der Waals surface area contributed by atoms with Crippen LogP contribution >= 0.6 is 11.8 Å². The summed E-state index contributed by atoms with van der Waals surface area (Å²) in [5, 5.41) is 9.17. The van der Waals surface area contributed by atoms with E-state index in [2.05, 4.69) is 10.2 Å². The van der Waals surface area contributed by atoms with Crippen molar-refractivity contribution in [2.75, 3.05) is 38.5 Å². The molecular formula is C24H25N5O3S. The molecule has 3 aromatic rings. The lowest BCUT2D eigenvalue weighted by Gasteiger charge is -2.33. The first-order valence-corrected chi connectivity index (χ1v) is 11.8. The highest BCUT2D eigenvalue weighted by atomic mass is 32.2. The van der Waals surface area contributed by atoms with E-state index in [1.807, 2.05) is 60.7 Å². The van der Waals surface area contributed by atoms with Crippen molar-refractivity contribution >= 4 is 23.8 Å². The fourth-order valence-corrected chi connectivity index (χ4v) is 4.22. The number of aromatic nitrogens is 3. The van der Waals surface area contributed by atoms with Crippen LogP contribution in [0.2, 0.25) is 0 Å². The Bertz CT molecular complexity index is 1090. The van der Waals surface area contributed by atoms with Crippen LogP contribution in [0, 0.1) is 0 Å². The van der Waals surface area contributed by atoms with Crippen molar-refractivity contribution in [1.29, 1.82) is 0 Å². The molecule has 0 saturated carbocycles. The Balaban J connectivity index is 1.44. The van der Waals surface area contributed by atoms with E-state index < -0.39 is 0 Å². The number of thioether (sulfide) groups is 1. The van der Waals surface area contributed by atoms with Crippen molar-refractivity contribution in [3.63, 3.8) is 0 Å². The summed E-state index contributed by atoms with van der Waals surface area (Å²) in [6.45, 7) is 4.03. The van der Waals surface area contributed by atoms with E-state index in [4.69, 9.17) is 9.72 Å². The third-order valence-corrected chi connectivity index (χ3v) is 6.07. The van der Waals surface area contributed by atoms with Crippen molar-refractivity contribution in [2.45, 2.75) is 12.1 Å². The third kappa shape index (κ3) is 5.67. The molecule has 2 aromatic carbocycles. The van der Waals surface area contributed by atoms with E-state index in [0.29, 0.717) is 43.6 Å². The monoisotopic (exact) mass is 463 g/mol. The number of rotatable bonds is 6. The van der Waals surface area contributed by atoms with Crippen molar-refractivity contribution in [1.82, 2.24) is 25.0 Å². The van der Waals surface area contributed by atoms with Crippen LogP contribution in [0.4, 0.5) is 4.79 Å². The molecule has 1 saturated heterocycles. The number of ether oxygens (including phenoxy) is 1. The molecule has 33 heavy (non-hydrogen) atoms. The highest BCUT2D eigenvalue weighted by molar-refractivity contribution is 7.99. The molecule has 0 N–H and O–H groups in total. The van der Waals surface area contributed by atoms with E-state index in [9.17, 15) is 9.59 Å². The van der Waals surface area contributed by atoms with Gasteiger partial charge in [-0.05, 0) is 6.92 Å². The molecule has 170 valence electrons. The fraction of sp³-hybridized carbons (Fsp3) is 0.292. The van der Waals surface area contributed by atoms with Gasteiger partial charge >= 0.3 is 6.09 Å². The Morgan fingerprint density at radius 2 is 1.42 bits per heavy atom. The SMILES string of the molecule is CCOC(=O)N1CCN(C(=O)CSc2nnc(-c3ccccc3)c(-c3ccccc3)n2)CC1. The fourth-order valence-electron chi connectivity index (χ4n) is 3.53. The first-order chi connectivity index (χ1) is 16.2. The van der Waals surface area contributed by atoms with Gasteiger partial charge in [-0.2, -0.15) is 0 Å². The molecule has 0 spiro atoms. The first-order valence-electron chi connectivity index (χ1n) is 10.8. The molecule has 0 radical (unpaired) electrons. The van der Waals surface area contributed by atoms with E-state index in [-0.39, 0.29) is 17.8 Å². The summed E-state index contributed by atoms with van der Waals surface area (Å²) < 4.78 is 5.03. The van der Waals surface area contributed by atoms with Crippen LogP contribution in [-0.4, -0.2) is 75.5 Å². The minimum Gasteiger partial charge on any atom is -0.450 e. The Morgan fingerprint density at radius 3 is 2.03 bits per heavy atom. The van der Waals surface area contributed by atoms with Crippen LogP contribution in [0.5, 0.6) is 0 Å². The smallest absolute Gasteiger partial charge is 0.409 e. The quantitative estimate of drug-likeness (QED) is 0.516. The summed E-state index contributed by atoms with van der Waals surface area (Å²) >= 11 is 1.27. The van der Waals surface area contributed by atoms with E-state index in [1.54, 1.807) is 16.7 Å². The molecule has 0 unspecified atom stereocenters. The summed E-state index contributed by atoms with van der Waals surface area (Å²) in [4.78, 5) is 32.7. The third-order valence-electron chi connectivity index (χ3n) is 5.24. The van der Waals surface area contributed by atoms with Gasteiger partial charge in [-0.3, -0.25) is 4.79 Å². The van der Waals surface area contributed by atoms with E-state index in [1.165, 1.54) is 11.8 Å². The standard InChI is InChI=1S/C24H25N5O3S/c1-2-32-24(31)29-15-13-28(14-16-29)20(30)17-33-23-25-21(18-9-5-3-6-10-18)22(26-27-23)19-11-7-4-8-12-19/h3-12H,2,13-17H2,1H3. The largest absolute Gasteiger partial charge is 0.450 e. The summed E-state index contributed by atoms with van der Waals surface area (Å²) in [6, 6.07) is 19.7. The number of hydrogen-bond donors (Lipinski definition) is 0. The normalized spacial score (nSPS) is 13.6. The van der Waals surface area contributed by atoms with Gasteiger partial charge in [-0.15, -0.1) is 10.2 Å².